The van der Waals surface area contributed by atoms with E-state index in [1.165, 1.54) is 0 Å². The average Bonchev–Trinajstić information content (AvgIpc) is 2.36. The van der Waals surface area contributed by atoms with Gasteiger partial charge in [0.1, 0.15) is 0 Å². The van der Waals surface area contributed by atoms with Crippen LogP contribution >= 0.6 is 0 Å². The van der Waals surface area contributed by atoms with E-state index in [2.05, 4.69) is 10.5 Å². The van der Waals surface area contributed by atoms with Crippen LogP contribution in [-0.4, -0.2) is 16.3 Å². The predicted octanol–water partition coefficient (Wildman–Crippen LogP) is 2.05. The van der Waals surface area contributed by atoms with Crippen molar-refractivity contribution in [1.82, 2.24) is 0 Å². The first-order valence-corrected chi connectivity index (χ1v) is 4.96. The van der Waals surface area contributed by atoms with Crippen LogP contribution in [0.15, 0.2) is 24.3 Å². The zero-order valence-corrected chi connectivity index (χ0v) is 9.20. The van der Waals surface area contributed by atoms with Gasteiger partial charge in [-0.2, -0.15) is 0 Å². The Morgan fingerprint density at radius 3 is 2.64 bits per heavy atom. The number of Topliss-reactive ketones (excluding diaryl/α,β-unsaturated/α-hetero) is 1. The highest BCUT2D eigenvalue weighted by molar-refractivity contribution is 6.06. The molecule has 1 unspecified atom stereocenters. The van der Waals surface area contributed by atoms with Gasteiger partial charge in [-0.1, -0.05) is 24.3 Å². The fourth-order valence-corrected chi connectivity index (χ4v) is 2.42. The van der Waals surface area contributed by atoms with Gasteiger partial charge in [-0.25, -0.2) is 0 Å². The quantitative estimate of drug-likeness (QED) is 0.653. The van der Waals surface area contributed by atoms with E-state index in [0.29, 0.717) is 0 Å². The van der Waals surface area contributed by atoms with Crippen molar-refractivity contribution in [3.63, 3.8) is 0 Å². The number of rotatable bonds is 1. The molecule has 0 spiro atoms. The van der Waals surface area contributed by atoms with Gasteiger partial charge in [-0.3, -0.25) is 4.79 Å². The number of hydrogen-bond donors (Lipinski definition) is 0. The summed E-state index contributed by atoms with van der Waals surface area (Å²) in [5, 5.41) is 0. The number of carbonyl (C=O) groups is 1. The molecule has 1 aliphatic rings. The second kappa shape index (κ2) is 3.04. The smallest absolute Gasteiger partial charge is 0.247 e. The fraction of sp³-hybridized carbons (Fsp3) is 0.364. The van der Waals surface area contributed by atoms with Crippen molar-refractivity contribution in [2.45, 2.75) is 20.0 Å². The van der Waals surface area contributed by atoms with Crippen LogP contribution in [0.5, 0.6) is 0 Å². The monoisotopic (exact) mass is 203 g/mol. The summed E-state index contributed by atoms with van der Waals surface area (Å²) in [5.41, 5.74) is 1.27. The minimum absolute atomic E-state index is 0.149. The molecule has 0 aliphatic heterocycles. The van der Waals surface area contributed by atoms with E-state index in [1.54, 1.807) is 0 Å². The van der Waals surface area contributed by atoms with Crippen LogP contribution in [0.3, 0.4) is 0 Å². The second-order valence-electron chi connectivity index (χ2n) is 4.14. The van der Waals surface area contributed by atoms with Crippen LogP contribution in [0.2, 0.25) is 0 Å². The lowest BCUT2D eigenvalue weighted by molar-refractivity contribution is 0.0617. The number of fused-ring (bicyclic) bond motifs is 1. The van der Waals surface area contributed by atoms with Crippen molar-refractivity contribution >= 4 is 16.3 Å². The summed E-state index contributed by atoms with van der Waals surface area (Å²) >= 11 is 0. The van der Waals surface area contributed by atoms with Gasteiger partial charge in [0.15, 0.2) is 5.78 Å². The Balaban J connectivity index is 2.61. The maximum atomic E-state index is 12.0. The standard InChI is InChI=1S/C11H11O2Si/c1-11(2)9(12)7-5-3-4-6-8(7)10(11)13-14/h3-6,10H,1-2H3. The third kappa shape index (κ3) is 1.09. The van der Waals surface area contributed by atoms with Gasteiger partial charge in [-0.05, 0) is 19.4 Å². The predicted molar refractivity (Wildman–Crippen MR) is 54.1 cm³/mol. The van der Waals surface area contributed by atoms with E-state index in [9.17, 15) is 4.79 Å². The molecule has 0 heterocycles. The summed E-state index contributed by atoms with van der Waals surface area (Å²) < 4.78 is 5.21. The maximum Gasteiger partial charge on any atom is 0.247 e. The summed E-state index contributed by atoms with van der Waals surface area (Å²) in [5.74, 6) is 0.149. The Morgan fingerprint density at radius 2 is 2.00 bits per heavy atom. The topological polar surface area (TPSA) is 26.3 Å². The average molecular weight is 203 g/mol. The highest BCUT2D eigenvalue weighted by Gasteiger charge is 2.46. The first-order valence-electron chi connectivity index (χ1n) is 4.55. The third-order valence-corrected chi connectivity index (χ3v) is 3.08. The number of carbonyl (C=O) groups excluding carboxylic acids is 1. The van der Waals surface area contributed by atoms with Gasteiger partial charge >= 0.3 is 0 Å². The number of benzene rings is 1. The Kier molecular flexibility index (Phi) is 2.08. The van der Waals surface area contributed by atoms with E-state index in [-0.39, 0.29) is 11.9 Å². The molecule has 1 atom stereocenters. The molecule has 0 fully saturated rings. The van der Waals surface area contributed by atoms with E-state index in [1.807, 2.05) is 38.1 Å². The van der Waals surface area contributed by atoms with E-state index < -0.39 is 5.41 Å². The third-order valence-electron chi connectivity index (χ3n) is 2.85. The highest BCUT2D eigenvalue weighted by atomic mass is 28.2. The van der Waals surface area contributed by atoms with Crippen molar-refractivity contribution in [3.8, 4) is 0 Å². The fourth-order valence-electron chi connectivity index (χ4n) is 2.00. The number of hydrogen-bond acceptors (Lipinski definition) is 2. The van der Waals surface area contributed by atoms with Crippen molar-refractivity contribution in [1.29, 1.82) is 0 Å². The summed E-state index contributed by atoms with van der Waals surface area (Å²) in [6, 6.07) is 7.59. The van der Waals surface area contributed by atoms with Crippen LogP contribution in [-0.2, 0) is 4.43 Å². The SMILES string of the molecule is CC1(C)C(=O)c2ccccc2C1O[Si]. The molecule has 14 heavy (non-hydrogen) atoms. The summed E-state index contributed by atoms with van der Waals surface area (Å²) in [4.78, 5) is 12.0. The molecule has 3 heteroatoms. The molecule has 2 nitrogen and oxygen atoms in total. The molecular weight excluding hydrogens is 192 g/mol. The van der Waals surface area contributed by atoms with Crippen LogP contribution in [0, 0.1) is 5.41 Å². The Bertz CT molecular complexity index is 385. The molecule has 0 saturated carbocycles. The van der Waals surface area contributed by atoms with E-state index >= 15 is 0 Å². The lowest BCUT2D eigenvalue weighted by atomic mass is 9.86. The molecule has 0 N–H and O–H groups in total. The van der Waals surface area contributed by atoms with Crippen LogP contribution in [0.4, 0.5) is 0 Å². The molecule has 1 aromatic carbocycles. The number of ketones is 1. The van der Waals surface area contributed by atoms with Gasteiger partial charge < -0.3 is 4.43 Å². The maximum absolute atomic E-state index is 12.0. The van der Waals surface area contributed by atoms with E-state index in [4.69, 9.17) is 4.43 Å². The van der Waals surface area contributed by atoms with Crippen LogP contribution in [0.1, 0.15) is 35.9 Å². The largest absolute Gasteiger partial charge is 0.411 e. The summed E-state index contributed by atoms with van der Waals surface area (Å²) in [6.45, 7) is 3.81. The molecule has 1 aromatic rings. The van der Waals surface area contributed by atoms with E-state index in [0.717, 1.165) is 11.1 Å². The van der Waals surface area contributed by atoms with Gasteiger partial charge in [0.05, 0.1) is 11.5 Å². The summed E-state index contributed by atoms with van der Waals surface area (Å²) in [7, 11) is 3.05. The minimum atomic E-state index is -0.481. The van der Waals surface area contributed by atoms with Gasteiger partial charge in [-0.15, -0.1) is 0 Å². The van der Waals surface area contributed by atoms with Crippen molar-refractivity contribution in [3.05, 3.63) is 35.4 Å². The Labute approximate surface area is 86.8 Å². The first-order chi connectivity index (χ1) is 6.59. The molecule has 0 bridgehead atoms. The normalized spacial score (nSPS) is 23.6. The minimum Gasteiger partial charge on any atom is -0.411 e. The van der Waals surface area contributed by atoms with Crippen LogP contribution < -0.4 is 0 Å². The van der Waals surface area contributed by atoms with Crippen LogP contribution in [0.25, 0.3) is 0 Å². The second-order valence-corrected chi connectivity index (χ2v) is 4.37. The zero-order valence-electron chi connectivity index (χ0n) is 8.20. The van der Waals surface area contributed by atoms with Gasteiger partial charge in [0.2, 0.25) is 10.5 Å². The van der Waals surface area contributed by atoms with Gasteiger partial charge in [0.25, 0.3) is 0 Å². The molecular formula is C11H11O2Si. The molecule has 1 aliphatic carbocycles. The molecule has 71 valence electrons. The summed E-state index contributed by atoms with van der Waals surface area (Å²) in [6.07, 6.45) is -0.192. The van der Waals surface area contributed by atoms with Crippen molar-refractivity contribution in [2.24, 2.45) is 5.41 Å². The Hall–Kier alpha value is -0.933. The zero-order chi connectivity index (χ0) is 10.3. The lowest BCUT2D eigenvalue weighted by Gasteiger charge is -2.24. The lowest BCUT2D eigenvalue weighted by Crippen LogP contribution is -2.25. The molecule has 0 amide bonds. The molecule has 2 rings (SSSR count). The highest BCUT2D eigenvalue weighted by Crippen LogP contribution is 2.46. The van der Waals surface area contributed by atoms with Crippen molar-refractivity contribution in [2.75, 3.05) is 0 Å². The molecule has 0 saturated heterocycles. The van der Waals surface area contributed by atoms with Crippen molar-refractivity contribution < 1.29 is 9.22 Å². The molecule has 0 aromatic heterocycles. The first kappa shape index (κ1) is 9.62. The van der Waals surface area contributed by atoms with Gasteiger partial charge in [0, 0.05) is 5.56 Å². The Morgan fingerprint density at radius 1 is 1.36 bits per heavy atom. The molecule has 3 radical (unpaired) electrons.